The molecule has 1 aliphatic carbocycles. The molecule has 3 N–H and O–H groups in total. The largest absolute Gasteiger partial charge is 0.409 e. The Hall–Kier alpha value is -1.30. The Balaban J connectivity index is 2.17. The van der Waals surface area contributed by atoms with Gasteiger partial charge < -0.3 is 20.6 Å². The van der Waals surface area contributed by atoms with E-state index in [1.807, 2.05) is 13.8 Å². The first-order chi connectivity index (χ1) is 8.81. The van der Waals surface area contributed by atoms with Gasteiger partial charge in [-0.25, -0.2) is 0 Å². The average Bonchev–Trinajstić information content (AvgIpc) is 2.31. The smallest absolute Gasteiger partial charge is 0.236 e. The van der Waals surface area contributed by atoms with E-state index < -0.39 is 5.41 Å². The first-order valence-electron chi connectivity index (χ1n) is 6.72. The summed E-state index contributed by atoms with van der Waals surface area (Å²) >= 11 is 0. The molecule has 2 rings (SSSR count). The zero-order valence-electron chi connectivity index (χ0n) is 11.8. The van der Waals surface area contributed by atoms with Crippen LogP contribution in [0.5, 0.6) is 0 Å². The number of rotatable bonds is 2. The molecule has 108 valence electrons. The second kappa shape index (κ2) is 4.67. The number of amidine groups is 1. The normalized spacial score (nSPS) is 34.8. The van der Waals surface area contributed by atoms with Crippen LogP contribution >= 0.6 is 0 Å². The topological polar surface area (TPSA) is 88.2 Å². The Bertz CT molecular complexity index is 400. The average molecular weight is 269 g/mol. The summed E-state index contributed by atoms with van der Waals surface area (Å²) in [6.07, 6.45) is 1.30. The number of hydrogen-bond acceptors (Lipinski definition) is 4. The third-order valence-corrected chi connectivity index (χ3v) is 4.11. The van der Waals surface area contributed by atoms with Crippen LogP contribution in [0.4, 0.5) is 0 Å². The van der Waals surface area contributed by atoms with Gasteiger partial charge in [-0.2, -0.15) is 0 Å². The van der Waals surface area contributed by atoms with E-state index in [1.54, 1.807) is 4.90 Å². The lowest BCUT2D eigenvalue weighted by Crippen LogP contribution is -2.61. The van der Waals surface area contributed by atoms with E-state index in [4.69, 9.17) is 15.7 Å². The molecule has 6 nitrogen and oxygen atoms in total. The van der Waals surface area contributed by atoms with E-state index in [2.05, 4.69) is 12.1 Å². The zero-order chi connectivity index (χ0) is 14.3. The molecular weight excluding hydrogens is 246 g/mol. The molecule has 0 unspecified atom stereocenters. The quantitative estimate of drug-likeness (QED) is 0.336. The Kier molecular flexibility index (Phi) is 3.47. The predicted octanol–water partition coefficient (Wildman–Crippen LogP) is 0.787. The lowest BCUT2D eigenvalue weighted by atomic mass is 9.61. The molecule has 2 aliphatic rings. The highest BCUT2D eigenvalue weighted by atomic mass is 16.5. The van der Waals surface area contributed by atoms with Crippen LogP contribution in [0.2, 0.25) is 0 Å². The van der Waals surface area contributed by atoms with Gasteiger partial charge >= 0.3 is 0 Å². The van der Waals surface area contributed by atoms with Crippen molar-refractivity contribution in [3.63, 3.8) is 0 Å². The van der Waals surface area contributed by atoms with Crippen molar-refractivity contribution in [2.45, 2.75) is 39.2 Å². The fourth-order valence-electron chi connectivity index (χ4n) is 3.21. The van der Waals surface area contributed by atoms with Gasteiger partial charge in [-0.3, -0.25) is 4.79 Å². The molecule has 19 heavy (non-hydrogen) atoms. The highest BCUT2D eigenvalue weighted by Crippen LogP contribution is 2.47. The van der Waals surface area contributed by atoms with Crippen LogP contribution in [-0.4, -0.2) is 47.1 Å². The van der Waals surface area contributed by atoms with Crippen LogP contribution in [0.3, 0.4) is 0 Å². The number of nitrogens with two attached hydrogens (primary N) is 1. The highest BCUT2D eigenvalue weighted by Gasteiger charge is 2.54. The lowest BCUT2D eigenvalue weighted by molar-refractivity contribution is -0.158. The number of nitrogens with zero attached hydrogens (tertiary/aromatic N) is 2. The maximum absolute atomic E-state index is 12.7. The molecular formula is C13H23N3O3. The van der Waals surface area contributed by atoms with Crippen molar-refractivity contribution in [3.8, 4) is 0 Å². The predicted molar refractivity (Wildman–Crippen MR) is 70.9 cm³/mol. The van der Waals surface area contributed by atoms with Gasteiger partial charge in [0.05, 0.1) is 12.2 Å². The van der Waals surface area contributed by atoms with Crippen molar-refractivity contribution in [1.29, 1.82) is 0 Å². The number of ether oxygens (including phenoxy) is 1. The molecule has 1 amide bonds. The molecule has 0 aromatic rings. The molecule has 1 saturated carbocycles. The van der Waals surface area contributed by atoms with E-state index in [9.17, 15) is 4.79 Å². The van der Waals surface area contributed by atoms with Crippen molar-refractivity contribution in [2.75, 3.05) is 19.7 Å². The monoisotopic (exact) mass is 269 g/mol. The van der Waals surface area contributed by atoms with E-state index in [1.165, 1.54) is 0 Å². The number of carbonyl (C=O) groups excluding carboxylic acids is 1. The SMILES string of the molecule is CC1CC(C(=O)N2CCOC(C)(C)C2)(C(N)=NO)C1. The second-order valence-electron chi connectivity index (χ2n) is 6.42. The maximum atomic E-state index is 12.7. The molecule has 0 aromatic carbocycles. The fraction of sp³-hybridized carbons (Fsp3) is 0.846. The van der Waals surface area contributed by atoms with Crippen molar-refractivity contribution in [3.05, 3.63) is 0 Å². The summed E-state index contributed by atoms with van der Waals surface area (Å²) < 4.78 is 5.61. The van der Waals surface area contributed by atoms with Crippen molar-refractivity contribution < 1.29 is 14.7 Å². The summed E-state index contributed by atoms with van der Waals surface area (Å²) in [6, 6.07) is 0. The maximum Gasteiger partial charge on any atom is 0.236 e. The Morgan fingerprint density at radius 1 is 1.47 bits per heavy atom. The van der Waals surface area contributed by atoms with Crippen LogP contribution in [0, 0.1) is 11.3 Å². The first-order valence-corrected chi connectivity index (χ1v) is 6.72. The molecule has 0 spiro atoms. The van der Waals surface area contributed by atoms with Crippen molar-refractivity contribution >= 4 is 11.7 Å². The molecule has 6 heteroatoms. The third-order valence-electron chi connectivity index (χ3n) is 4.11. The minimum absolute atomic E-state index is 0.0303. The number of morpholine rings is 1. The molecule has 2 fully saturated rings. The molecule has 1 saturated heterocycles. The van der Waals surface area contributed by atoms with E-state index >= 15 is 0 Å². The van der Waals surface area contributed by atoms with Gasteiger partial charge in [0.25, 0.3) is 0 Å². The van der Waals surface area contributed by atoms with Crippen LogP contribution in [-0.2, 0) is 9.53 Å². The summed E-state index contributed by atoms with van der Waals surface area (Å²) in [5.74, 6) is 0.440. The van der Waals surface area contributed by atoms with Gasteiger partial charge in [-0.1, -0.05) is 12.1 Å². The number of carbonyl (C=O) groups is 1. The lowest BCUT2D eigenvalue weighted by Gasteiger charge is -2.48. The first kappa shape index (κ1) is 14.1. The van der Waals surface area contributed by atoms with Crippen LogP contribution < -0.4 is 5.73 Å². The van der Waals surface area contributed by atoms with Gasteiger partial charge in [0.1, 0.15) is 5.41 Å². The summed E-state index contributed by atoms with van der Waals surface area (Å²) in [6.45, 7) is 7.63. The van der Waals surface area contributed by atoms with E-state index in [0.29, 0.717) is 38.5 Å². The van der Waals surface area contributed by atoms with Gasteiger partial charge in [0.15, 0.2) is 5.84 Å². The summed E-state index contributed by atoms with van der Waals surface area (Å²) in [4.78, 5) is 14.5. The molecule has 1 heterocycles. The Morgan fingerprint density at radius 2 is 2.11 bits per heavy atom. The van der Waals surface area contributed by atoms with Gasteiger partial charge in [-0.05, 0) is 32.6 Å². The minimum atomic E-state index is -0.804. The van der Waals surface area contributed by atoms with Crippen molar-refractivity contribution in [1.82, 2.24) is 4.90 Å². The number of amides is 1. The number of hydrogen-bond donors (Lipinski definition) is 2. The highest BCUT2D eigenvalue weighted by molar-refractivity contribution is 6.07. The van der Waals surface area contributed by atoms with Crippen LogP contribution in [0.25, 0.3) is 0 Å². The molecule has 0 aromatic heterocycles. The van der Waals surface area contributed by atoms with Crippen LogP contribution in [0.15, 0.2) is 5.16 Å². The molecule has 0 bridgehead atoms. The van der Waals surface area contributed by atoms with E-state index in [0.717, 1.165) is 0 Å². The Labute approximate surface area is 113 Å². The molecule has 0 atom stereocenters. The Morgan fingerprint density at radius 3 is 2.58 bits per heavy atom. The zero-order valence-corrected chi connectivity index (χ0v) is 11.8. The fourth-order valence-corrected chi connectivity index (χ4v) is 3.21. The van der Waals surface area contributed by atoms with Crippen LogP contribution in [0.1, 0.15) is 33.6 Å². The molecule has 0 radical (unpaired) electrons. The summed E-state index contributed by atoms with van der Waals surface area (Å²) in [5, 5.41) is 12.0. The van der Waals surface area contributed by atoms with Gasteiger partial charge in [0, 0.05) is 13.1 Å². The summed E-state index contributed by atoms with van der Waals surface area (Å²) in [7, 11) is 0. The van der Waals surface area contributed by atoms with Gasteiger partial charge in [-0.15, -0.1) is 0 Å². The van der Waals surface area contributed by atoms with Gasteiger partial charge in [0.2, 0.25) is 5.91 Å². The summed E-state index contributed by atoms with van der Waals surface area (Å²) in [5.41, 5.74) is 4.63. The standard InChI is InChI=1S/C13H23N3O3/c1-9-6-13(7-9,10(14)15-18)11(17)16-4-5-19-12(2,3)8-16/h9,18H,4-8H2,1-3H3,(H2,14,15). The molecule has 1 aliphatic heterocycles. The second-order valence-corrected chi connectivity index (χ2v) is 6.42. The van der Waals surface area contributed by atoms with E-state index in [-0.39, 0.29) is 17.3 Å². The van der Waals surface area contributed by atoms with Crippen molar-refractivity contribution in [2.24, 2.45) is 22.2 Å². The number of oxime groups is 1. The third kappa shape index (κ3) is 2.41. The minimum Gasteiger partial charge on any atom is -0.409 e.